The average Bonchev–Trinajstić information content (AvgIpc) is 3.13. The van der Waals surface area contributed by atoms with Gasteiger partial charge in [0.1, 0.15) is 10.6 Å². The van der Waals surface area contributed by atoms with Gasteiger partial charge in [-0.3, -0.25) is 4.79 Å². The second-order valence-electron chi connectivity index (χ2n) is 8.10. The Morgan fingerprint density at radius 1 is 1.19 bits per heavy atom. The highest BCUT2D eigenvalue weighted by Gasteiger charge is 2.51. The molecule has 2 N–H and O–H groups in total. The van der Waals surface area contributed by atoms with Crippen molar-refractivity contribution in [1.29, 1.82) is 0 Å². The summed E-state index contributed by atoms with van der Waals surface area (Å²) in [4.78, 5) is 15.4. The lowest BCUT2D eigenvalue weighted by atomic mass is 9.92. The average molecular weight is 458 g/mol. The lowest BCUT2D eigenvalue weighted by Crippen LogP contribution is -2.56. The minimum atomic E-state index is -3.88. The smallest absolute Gasteiger partial charge is 0.207 e. The van der Waals surface area contributed by atoms with Gasteiger partial charge in [0, 0.05) is 26.3 Å². The van der Waals surface area contributed by atoms with Gasteiger partial charge in [0.15, 0.2) is 9.84 Å². The molecule has 0 saturated carbocycles. The number of aliphatic hydroxyl groups excluding tert-OH is 1. The quantitative estimate of drug-likeness (QED) is 0.499. The number of nitrogens with zero attached hydrogens (tertiary/aromatic N) is 2. The Morgan fingerprint density at radius 3 is 2.56 bits per heavy atom. The normalized spacial score (nSPS) is 17.2. The van der Waals surface area contributed by atoms with Gasteiger partial charge in [-0.15, -0.1) is 0 Å². The molecule has 170 valence electrons. The Morgan fingerprint density at radius 2 is 1.88 bits per heavy atom. The zero-order valence-electron chi connectivity index (χ0n) is 17.9. The van der Waals surface area contributed by atoms with Crippen LogP contribution >= 0.6 is 0 Å². The molecule has 8 nitrogen and oxygen atoms in total. The molecule has 1 amide bonds. The molecule has 2 aromatic carbocycles. The molecular weight excluding hydrogens is 430 g/mol. The second kappa shape index (κ2) is 9.01. The summed E-state index contributed by atoms with van der Waals surface area (Å²) in [5.74, 6) is 0.884. The number of hydrogen-bond donors (Lipinski definition) is 2. The molecule has 2 heterocycles. The van der Waals surface area contributed by atoms with Crippen molar-refractivity contribution in [1.82, 2.24) is 14.9 Å². The second-order valence-corrected chi connectivity index (χ2v) is 10.4. The highest BCUT2D eigenvalue weighted by atomic mass is 32.2. The number of hydrogen-bond acceptors (Lipinski definition) is 6. The largest absolute Gasteiger partial charge is 0.390 e. The van der Waals surface area contributed by atoms with E-state index < -0.39 is 20.7 Å². The fourth-order valence-corrected chi connectivity index (χ4v) is 6.54. The Balaban J connectivity index is 1.63. The number of para-hydroxylation sites is 2. The van der Waals surface area contributed by atoms with E-state index in [1.54, 1.807) is 24.3 Å². The van der Waals surface area contributed by atoms with Crippen molar-refractivity contribution in [3.8, 4) is 0 Å². The minimum absolute atomic E-state index is 0.131. The minimum Gasteiger partial charge on any atom is -0.390 e. The van der Waals surface area contributed by atoms with Crippen LogP contribution < -0.4 is 5.32 Å². The van der Waals surface area contributed by atoms with Crippen molar-refractivity contribution < 1.29 is 23.1 Å². The van der Waals surface area contributed by atoms with E-state index in [0.717, 1.165) is 22.4 Å². The maximum absolute atomic E-state index is 13.6. The molecule has 1 unspecified atom stereocenters. The van der Waals surface area contributed by atoms with Gasteiger partial charge in [0.05, 0.1) is 22.0 Å². The summed E-state index contributed by atoms with van der Waals surface area (Å²) in [6.07, 6.45) is -0.446. The standard InChI is InChI=1S/C23H27N3O5S/c1-17-25-20-4-2-3-5-21(20)26(17)15-18-6-8-19(9-7-18)32(29,30)23(10-12-31-13-11-23)22(28)14-24-16-27/h2-9,16,22,28H,10-15H2,1H3,(H,24,27). The Labute approximate surface area is 187 Å². The van der Waals surface area contributed by atoms with E-state index in [0.29, 0.717) is 13.0 Å². The maximum Gasteiger partial charge on any atom is 0.207 e. The number of carbonyl (C=O) groups is 1. The van der Waals surface area contributed by atoms with Gasteiger partial charge in [0.2, 0.25) is 6.41 Å². The van der Waals surface area contributed by atoms with Crippen molar-refractivity contribution >= 4 is 27.3 Å². The van der Waals surface area contributed by atoms with E-state index in [4.69, 9.17) is 4.74 Å². The van der Waals surface area contributed by atoms with Crippen LogP contribution in [0.4, 0.5) is 0 Å². The number of aliphatic hydroxyl groups is 1. The number of amides is 1. The van der Waals surface area contributed by atoms with Crippen LogP contribution in [0.5, 0.6) is 0 Å². The number of aryl methyl sites for hydroxylation is 1. The number of nitrogens with one attached hydrogen (secondary N) is 1. The number of sulfone groups is 1. The van der Waals surface area contributed by atoms with Crippen LogP contribution in [0.15, 0.2) is 53.4 Å². The first-order valence-electron chi connectivity index (χ1n) is 10.6. The van der Waals surface area contributed by atoms with Crippen LogP contribution in [0, 0.1) is 6.92 Å². The van der Waals surface area contributed by atoms with Crippen molar-refractivity contribution in [2.24, 2.45) is 0 Å². The fraction of sp³-hybridized carbons (Fsp3) is 0.391. The predicted octanol–water partition coefficient (Wildman–Crippen LogP) is 1.82. The molecule has 0 spiro atoms. The van der Waals surface area contributed by atoms with Crippen molar-refractivity contribution in [3.63, 3.8) is 0 Å². The first kappa shape index (κ1) is 22.4. The van der Waals surface area contributed by atoms with Gasteiger partial charge in [0.25, 0.3) is 0 Å². The van der Waals surface area contributed by atoms with Gasteiger partial charge in [-0.1, -0.05) is 24.3 Å². The zero-order chi connectivity index (χ0) is 22.8. The third-order valence-electron chi connectivity index (χ3n) is 6.30. The summed E-state index contributed by atoms with van der Waals surface area (Å²) in [6.45, 7) is 2.86. The number of aromatic nitrogens is 2. The molecule has 0 radical (unpaired) electrons. The molecule has 32 heavy (non-hydrogen) atoms. The van der Waals surface area contributed by atoms with E-state index in [2.05, 4.69) is 14.9 Å². The molecule has 1 saturated heterocycles. The fourth-order valence-electron chi connectivity index (χ4n) is 4.43. The maximum atomic E-state index is 13.6. The first-order valence-corrected chi connectivity index (χ1v) is 12.1. The molecule has 0 bridgehead atoms. The third-order valence-corrected chi connectivity index (χ3v) is 8.94. The van der Waals surface area contributed by atoms with Crippen LogP contribution in [-0.4, -0.2) is 60.1 Å². The van der Waals surface area contributed by atoms with Crippen LogP contribution in [0.2, 0.25) is 0 Å². The van der Waals surface area contributed by atoms with Crippen LogP contribution in [0.3, 0.4) is 0 Å². The molecular formula is C23H27N3O5S. The molecule has 4 rings (SSSR count). The monoisotopic (exact) mass is 457 g/mol. The summed E-state index contributed by atoms with van der Waals surface area (Å²) in [5, 5.41) is 13.1. The third kappa shape index (κ3) is 3.92. The van der Waals surface area contributed by atoms with Gasteiger partial charge in [-0.2, -0.15) is 0 Å². The lowest BCUT2D eigenvalue weighted by molar-refractivity contribution is -0.110. The van der Waals surface area contributed by atoms with Crippen molar-refractivity contribution in [3.05, 3.63) is 59.9 Å². The molecule has 0 aliphatic carbocycles. The predicted molar refractivity (Wildman–Crippen MR) is 120 cm³/mol. The van der Waals surface area contributed by atoms with Gasteiger partial charge in [-0.05, 0) is 49.6 Å². The van der Waals surface area contributed by atoms with Gasteiger partial charge < -0.3 is 19.7 Å². The van der Waals surface area contributed by atoms with Crippen LogP contribution in [0.25, 0.3) is 11.0 Å². The Hall–Kier alpha value is -2.75. The lowest BCUT2D eigenvalue weighted by Gasteiger charge is -2.40. The SMILES string of the molecule is Cc1nc2ccccc2n1Cc1ccc(S(=O)(=O)C2(C(O)CNC=O)CCOCC2)cc1. The van der Waals surface area contributed by atoms with E-state index >= 15 is 0 Å². The molecule has 1 aliphatic heterocycles. The highest BCUT2D eigenvalue weighted by Crippen LogP contribution is 2.38. The van der Waals surface area contributed by atoms with E-state index in [9.17, 15) is 18.3 Å². The summed E-state index contributed by atoms with van der Waals surface area (Å²) in [7, 11) is -3.88. The molecule has 9 heteroatoms. The number of fused-ring (bicyclic) bond motifs is 1. The number of carbonyl (C=O) groups excluding carboxylic acids is 1. The first-order chi connectivity index (χ1) is 15.4. The van der Waals surface area contributed by atoms with E-state index in [-0.39, 0.29) is 37.5 Å². The number of ether oxygens (including phenoxy) is 1. The van der Waals surface area contributed by atoms with Crippen molar-refractivity contribution in [2.45, 2.75) is 42.1 Å². The molecule has 1 atom stereocenters. The van der Waals surface area contributed by atoms with Crippen LogP contribution in [-0.2, 0) is 25.9 Å². The van der Waals surface area contributed by atoms with Gasteiger partial charge >= 0.3 is 0 Å². The summed E-state index contributed by atoms with van der Waals surface area (Å²) < 4.78 is 33.3. The molecule has 3 aromatic rings. The Kier molecular flexibility index (Phi) is 6.32. The zero-order valence-corrected chi connectivity index (χ0v) is 18.7. The molecule has 1 fully saturated rings. The Bertz CT molecular complexity index is 1200. The van der Waals surface area contributed by atoms with E-state index in [1.807, 2.05) is 31.2 Å². The summed E-state index contributed by atoms with van der Waals surface area (Å²) in [5.41, 5.74) is 2.89. The van der Waals surface area contributed by atoms with Gasteiger partial charge in [-0.25, -0.2) is 13.4 Å². The summed E-state index contributed by atoms with van der Waals surface area (Å²) in [6, 6.07) is 14.7. The molecule has 1 aliphatic rings. The van der Waals surface area contributed by atoms with E-state index in [1.165, 1.54) is 0 Å². The number of benzene rings is 2. The number of rotatable bonds is 8. The topological polar surface area (TPSA) is 111 Å². The van der Waals surface area contributed by atoms with Crippen molar-refractivity contribution in [2.75, 3.05) is 19.8 Å². The van der Waals surface area contributed by atoms with Crippen LogP contribution in [0.1, 0.15) is 24.2 Å². The highest BCUT2D eigenvalue weighted by molar-refractivity contribution is 7.93. The summed E-state index contributed by atoms with van der Waals surface area (Å²) >= 11 is 0. The number of imidazole rings is 1. The molecule has 1 aromatic heterocycles.